The largest absolute Gasteiger partial charge is 0.482 e. The van der Waals surface area contributed by atoms with E-state index >= 15 is 0 Å². The van der Waals surface area contributed by atoms with Crippen molar-refractivity contribution in [2.75, 3.05) is 6.61 Å². The second-order valence-corrected chi connectivity index (χ2v) is 3.92. The molecule has 0 aliphatic rings. The number of ether oxygens (including phenoxy) is 1. The molecular formula is C12H16O3. The van der Waals surface area contributed by atoms with Gasteiger partial charge >= 0.3 is 5.97 Å². The molecule has 0 fully saturated rings. The highest BCUT2D eigenvalue weighted by molar-refractivity contribution is 5.68. The Morgan fingerprint density at radius 2 is 1.93 bits per heavy atom. The maximum Gasteiger partial charge on any atom is 0.341 e. The van der Waals surface area contributed by atoms with Crippen LogP contribution in [0.15, 0.2) is 24.3 Å². The van der Waals surface area contributed by atoms with E-state index in [2.05, 4.69) is 13.8 Å². The van der Waals surface area contributed by atoms with Crippen LogP contribution in [0.1, 0.15) is 19.4 Å². The summed E-state index contributed by atoms with van der Waals surface area (Å²) in [6.45, 7) is 4.03. The Labute approximate surface area is 89.7 Å². The zero-order valence-corrected chi connectivity index (χ0v) is 9.06. The molecule has 0 spiro atoms. The molecule has 0 atom stereocenters. The fraction of sp³-hybridized carbons (Fsp3) is 0.417. The molecule has 15 heavy (non-hydrogen) atoms. The summed E-state index contributed by atoms with van der Waals surface area (Å²) in [5.74, 6) is 0.266. The Balaban J connectivity index is 2.52. The van der Waals surface area contributed by atoms with Gasteiger partial charge in [-0.25, -0.2) is 4.79 Å². The van der Waals surface area contributed by atoms with Crippen LogP contribution in [0.4, 0.5) is 0 Å². The first-order valence-electron chi connectivity index (χ1n) is 5.01. The lowest BCUT2D eigenvalue weighted by Crippen LogP contribution is -2.09. The Morgan fingerprint density at radius 3 is 2.40 bits per heavy atom. The van der Waals surface area contributed by atoms with Crippen LogP contribution in [-0.4, -0.2) is 17.7 Å². The van der Waals surface area contributed by atoms with Gasteiger partial charge in [0.15, 0.2) is 6.61 Å². The van der Waals surface area contributed by atoms with Crippen molar-refractivity contribution in [3.05, 3.63) is 29.8 Å². The van der Waals surface area contributed by atoms with Gasteiger partial charge in [-0.05, 0) is 30.0 Å². The zero-order chi connectivity index (χ0) is 11.3. The van der Waals surface area contributed by atoms with E-state index in [0.717, 1.165) is 6.42 Å². The van der Waals surface area contributed by atoms with Gasteiger partial charge < -0.3 is 9.84 Å². The third kappa shape index (κ3) is 4.49. The molecular weight excluding hydrogens is 192 g/mol. The van der Waals surface area contributed by atoms with E-state index in [1.54, 1.807) is 12.1 Å². The predicted molar refractivity (Wildman–Crippen MR) is 58.1 cm³/mol. The normalized spacial score (nSPS) is 10.3. The molecule has 82 valence electrons. The molecule has 0 bridgehead atoms. The minimum absolute atomic E-state index is 0.288. The highest BCUT2D eigenvalue weighted by Gasteiger charge is 2.00. The summed E-state index contributed by atoms with van der Waals surface area (Å²) >= 11 is 0. The summed E-state index contributed by atoms with van der Waals surface area (Å²) < 4.78 is 5.03. The average Bonchev–Trinajstić information content (AvgIpc) is 2.16. The van der Waals surface area contributed by atoms with Crippen LogP contribution in [0.2, 0.25) is 0 Å². The molecule has 3 heteroatoms. The Hall–Kier alpha value is -1.51. The molecule has 0 unspecified atom stereocenters. The second-order valence-electron chi connectivity index (χ2n) is 3.92. The van der Waals surface area contributed by atoms with Gasteiger partial charge in [0.2, 0.25) is 0 Å². The minimum atomic E-state index is -0.957. The van der Waals surface area contributed by atoms with Gasteiger partial charge in [-0.1, -0.05) is 26.0 Å². The molecule has 0 aliphatic heterocycles. The molecule has 3 nitrogen and oxygen atoms in total. The minimum Gasteiger partial charge on any atom is -0.482 e. The molecule has 1 aromatic carbocycles. The van der Waals surface area contributed by atoms with Crippen molar-refractivity contribution in [2.45, 2.75) is 20.3 Å². The van der Waals surface area contributed by atoms with Gasteiger partial charge in [0.1, 0.15) is 5.75 Å². The van der Waals surface area contributed by atoms with Crippen molar-refractivity contribution in [1.29, 1.82) is 0 Å². The van der Waals surface area contributed by atoms with Crippen molar-refractivity contribution < 1.29 is 14.6 Å². The van der Waals surface area contributed by atoms with E-state index in [4.69, 9.17) is 9.84 Å². The molecule has 0 aromatic heterocycles. The third-order valence-electron chi connectivity index (χ3n) is 1.93. The highest BCUT2D eigenvalue weighted by atomic mass is 16.5. The van der Waals surface area contributed by atoms with Gasteiger partial charge in [0.05, 0.1) is 0 Å². The number of carboxylic acids is 1. The lowest BCUT2D eigenvalue weighted by Gasteiger charge is -2.06. The van der Waals surface area contributed by atoms with Crippen LogP contribution in [0, 0.1) is 5.92 Å². The van der Waals surface area contributed by atoms with Crippen LogP contribution in [-0.2, 0) is 11.2 Å². The maximum absolute atomic E-state index is 10.3. The van der Waals surface area contributed by atoms with E-state index in [0.29, 0.717) is 11.7 Å². The number of carbonyl (C=O) groups is 1. The van der Waals surface area contributed by atoms with Crippen molar-refractivity contribution in [3.63, 3.8) is 0 Å². The van der Waals surface area contributed by atoms with Crippen LogP contribution >= 0.6 is 0 Å². The van der Waals surface area contributed by atoms with Gasteiger partial charge in [0.25, 0.3) is 0 Å². The van der Waals surface area contributed by atoms with Gasteiger partial charge in [-0.2, -0.15) is 0 Å². The molecule has 0 saturated heterocycles. The fourth-order valence-electron chi connectivity index (χ4n) is 1.34. The first-order chi connectivity index (χ1) is 7.08. The first-order valence-corrected chi connectivity index (χ1v) is 5.01. The van der Waals surface area contributed by atoms with Gasteiger partial charge in [-0.15, -0.1) is 0 Å². The molecule has 0 radical (unpaired) electrons. The SMILES string of the molecule is CC(C)Cc1ccc(OCC(=O)O)cc1. The molecule has 0 heterocycles. The summed E-state index contributed by atoms with van der Waals surface area (Å²) in [5.41, 5.74) is 1.24. The Morgan fingerprint density at radius 1 is 1.33 bits per heavy atom. The van der Waals surface area contributed by atoms with Gasteiger partial charge in [0, 0.05) is 0 Å². The summed E-state index contributed by atoms with van der Waals surface area (Å²) in [6.07, 6.45) is 1.03. The van der Waals surface area contributed by atoms with Crippen LogP contribution in [0.3, 0.4) is 0 Å². The Kier molecular flexibility index (Phi) is 4.16. The summed E-state index contributed by atoms with van der Waals surface area (Å²) in [4.78, 5) is 10.3. The molecule has 0 aliphatic carbocycles. The van der Waals surface area contributed by atoms with Gasteiger partial charge in [-0.3, -0.25) is 0 Å². The summed E-state index contributed by atoms with van der Waals surface area (Å²) in [5, 5.41) is 8.42. The van der Waals surface area contributed by atoms with E-state index in [1.807, 2.05) is 12.1 Å². The third-order valence-corrected chi connectivity index (χ3v) is 1.93. The van der Waals surface area contributed by atoms with Crippen molar-refractivity contribution >= 4 is 5.97 Å². The van der Waals surface area contributed by atoms with Crippen LogP contribution < -0.4 is 4.74 Å². The van der Waals surface area contributed by atoms with E-state index in [9.17, 15) is 4.79 Å². The second kappa shape index (κ2) is 5.39. The molecule has 1 N–H and O–H groups in total. The van der Waals surface area contributed by atoms with Crippen molar-refractivity contribution in [1.82, 2.24) is 0 Å². The number of aliphatic carboxylic acids is 1. The smallest absolute Gasteiger partial charge is 0.341 e. The lowest BCUT2D eigenvalue weighted by atomic mass is 10.0. The van der Waals surface area contributed by atoms with E-state index < -0.39 is 5.97 Å². The molecule has 1 aromatic rings. The number of carboxylic acid groups (broad SMARTS) is 1. The first kappa shape index (κ1) is 11.6. The molecule has 0 saturated carbocycles. The van der Waals surface area contributed by atoms with Crippen molar-refractivity contribution in [2.24, 2.45) is 5.92 Å². The van der Waals surface area contributed by atoms with Crippen LogP contribution in [0.5, 0.6) is 5.75 Å². The molecule has 0 amide bonds. The van der Waals surface area contributed by atoms with E-state index in [-0.39, 0.29) is 6.61 Å². The highest BCUT2D eigenvalue weighted by Crippen LogP contribution is 2.14. The number of hydrogen-bond acceptors (Lipinski definition) is 2. The number of rotatable bonds is 5. The summed E-state index contributed by atoms with van der Waals surface area (Å²) in [7, 11) is 0. The number of hydrogen-bond donors (Lipinski definition) is 1. The monoisotopic (exact) mass is 208 g/mol. The lowest BCUT2D eigenvalue weighted by molar-refractivity contribution is -0.139. The Bertz CT molecular complexity index is 314. The fourth-order valence-corrected chi connectivity index (χ4v) is 1.34. The maximum atomic E-state index is 10.3. The van der Waals surface area contributed by atoms with Crippen LogP contribution in [0.25, 0.3) is 0 Å². The predicted octanol–water partition coefficient (Wildman–Crippen LogP) is 2.35. The average molecular weight is 208 g/mol. The van der Waals surface area contributed by atoms with Crippen molar-refractivity contribution in [3.8, 4) is 5.75 Å². The molecule has 1 rings (SSSR count). The standard InChI is InChI=1S/C12H16O3/c1-9(2)7-10-3-5-11(6-4-10)15-8-12(13)14/h3-6,9H,7-8H2,1-2H3,(H,13,14). The number of benzene rings is 1. The topological polar surface area (TPSA) is 46.5 Å². The quantitative estimate of drug-likeness (QED) is 0.807. The zero-order valence-electron chi connectivity index (χ0n) is 9.06. The van der Waals surface area contributed by atoms with E-state index in [1.165, 1.54) is 5.56 Å². The summed E-state index contributed by atoms with van der Waals surface area (Å²) in [6, 6.07) is 7.55.